The summed E-state index contributed by atoms with van der Waals surface area (Å²) in [5.41, 5.74) is -0.494. The van der Waals surface area contributed by atoms with Crippen LogP contribution in [0.2, 0.25) is 0 Å². The SMILES string of the molecule is CCC(C)(C)C(=O)OC1CC2CC(C(=O)OC(CC(C)OC)OCC3CCCCC3)C1C2. The van der Waals surface area contributed by atoms with Crippen LogP contribution in [0.25, 0.3) is 0 Å². The van der Waals surface area contributed by atoms with E-state index in [0.717, 1.165) is 25.7 Å². The van der Waals surface area contributed by atoms with Gasteiger partial charge in [-0.15, -0.1) is 0 Å². The van der Waals surface area contributed by atoms with Crippen molar-refractivity contribution in [3.05, 3.63) is 0 Å². The van der Waals surface area contributed by atoms with Crippen LogP contribution in [0.1, 0.15) is 91.9 Å². The van der Waals surface area contributed by atoms with Gasteiger partial charge in [-0.25, -0.2) is 0 Å². The third-order valence-corrected chi connectivity index (χ3v) is 8.17. The van der Waals surface area contributed by atoms with Crippen LogP contribution in [-0.2, 0) is 28.5 Å². The van der Waals surface area contributed by atoms with E-state index in [1.54, 1.807) is 7.11 Å². The van der Waals surface area contributed by atoms with Gasteiger partial charge in [0.25, 0.3) is 0 Å². The number of carbonyl (C=O) groups excluding carboxylic acids is 2. The maximum absolute atomic E-state index is 13.2. The summed E-state index contributed by atoms with van der Waals surface area (Å²) in [6, 6.07) is 0. The Balaban J connectivity index is 1.56. The number of hydrogen-bond donors (Lipinski definition) is 0. The van der Waals surface area contributed by atoms with Crippen LogP contribution >= 0.6 is 0 Å². The summed E-state index contributed by atoms with van der Waals surface area (Å²) in [4.78, 5) is 25.8. The summed E-state index contributed by atoms with van der Waals surface area (Å²) < 4.78 is 23.3. The maximum Gasteiger partial charge on any atom is 0.311 e. The summed E-state index contributed by atoms with van der Waals surface area (Å²) in [5, 5.41) is 0. The summed E-state index contributed by atoms with van der Waals surface area (Å²) in [7, 11) is 1.66. The number of carbonyl (C=O) groups is 2. The van der Waals surface area contributed by atoms with E-state index >= 15 is 0 Å². The topological polar surface area (TPSA) is 71.1 Å². The Labute approximate surface area is 194 Å². The second-order valence-corrected chi connectivity index (χ2v) is 11.0. The molecule has 0 saturated heterocycles. The van der Waals surface area contributed by atoms with E-state index in [0.29, 0.717) is 24.9 Å². The Morgan fingerprint density at radius 2 is 1.78 bits per heavy atom. The lowest BCUT2D eigenvalue weighted by Crippen LogP contribution is -2.39. The predicted molar refractivity (Wildman–Crippen MR) is 122 cm³/mol. The molecule has 6 nitrogen and oxygen atoms in total. The number of fused-ring (bicyclic) bond motifs is 2. The van der Waals surface area contributed by atoms with Crippen LogP contribution in [0.5, 0.6) is 0 Å². The first-order chi connectivity index (χ1) is 15.2. The number of rotatable bonds is 11. The van der Waals surface area contributed by atoms with Crippen molar-refractivity contribution in [2.45, 2.75) is 110 Å². The lowest BCUT2D eigenvalue weighted by molar-refractivity contribution is -0.197. The molecule has 0 spiro atoms. The van der Waals surface area contributed by atoms with Crippen molar-refractivity contribution in [3.8, 4) is 0 Å². The van der Waals surface area contributed by atoms with Crippen LogP contribution in [0.3, 0.4) is 0 Å². The van der Waals surface area contributed by atoms with Crippen molar-refractivity contribution in [1.29, 1.82) is 0 Å². The molecule has 6 unspecified atom stereocenters. The monoisotopic (exact) mass is 452 g/mol. The van der Waals surface area contributed by atoms with Crippen molar-refractivity contribution in [2.75, 3.05) is 13.7 Å². The van der Waals surface area contributed by atoms with Gasteiger partial charge in [0.15, 0.2) is 0 Å². The van der Waals surface area contributed by atoms with Crippen molar-refractivity contribution < 1.29 is 28.5 Å². The second-order valence-electron chi connectivity index (χ2n) is 11.0. The zero-order valence-electron chi connectivity index (χ0n) is 20.8. The summed E-state index contributed by atoms with van der Waals surface area (Å²) in [6.45, 7) is 8.43. The van der Waals surface area contributed by atoms with E-state index in [1.165, 1.54) is 32.1 Å². The number of methoxy groups -OCH3 is 1. The Morgan fingerprint density at radius 1 is 1.06 bits per heavy atom. The molecule has 3 rings (SSSR count). The molecule has 3 saturated carbocycles. The molecule has 0 amide bonds. The molecule has 2 bridgehead atoms. The van der Waals surface area contributed by atoms with Gasteiger partial charge in [0.2, 0.25) is 6.29 Å². The highest BCUT2D eigenvalue weighted by Crippen LogP contribution is 2.50. The van der Waals surface area contributed by atoms with Crippen molar-refractivity contribution in [1.82, 2.24) is 0 Å². The van der Waals surface area contributed by atoms with E-state index in [4.69, 9.17) is 18.9 Å². The maximum atomic E-state index is 13.2. The Morgan fingerprint density at radius 3 is 2.41 bits per heavy atom. The van der Waals surface area contributed by atoms with Crippen LogP contribution in [0.4, 0.5) is 0 Å². The van der Waals surface area contributed by atoms with Gasteiger partial charge in [0.1, 0.15) is 6.10 Å². The molecular formula is C26H44O6. The molecule has 184 valence electrons. The molecule has 0 radical (unpaired) electrons. The first-order valence-electron chi connectivity index (χ1n) is 12.8. The fraction of sp³-hybridized carbons (Fsp3) is 0.923. The standard InChI is InChI=1S/C26H44O6/c1-6-26(3,4)25(28)31-22-15-19-13-20(22)21(14-19)24(27)32-23(12-17(2)29-5)30-16-18-10-8-7-9-11-18/h17-23H,6-16H2,1-5H3. The molecule has 6 atom stereocenters. The third-order valence-electron chi connectivity index (χ3n) is 8.17. The van der Waals surface area contributed by atoms with Crippen molar-refractivity contribution in [3.63, 3.8) is 0 Å². The van der Waals surface area contributed by atoms with E-state index in [2.05, 4.69) is 0 Å². The summed E-state index contributed by atoms with van der Waals surface area (Å²) >= 11 is 0. The quantitative estimate of drug-likeness (QED) is 0.314. The van der Waals surface area contributed by atoms with Crippen LogP contribution in [0, 0.1) is 29.1 Å². The molecular weight excluding hydrogens is 408 g/mol. The molecule has 32 heavy (non-hydrogen) atoms. The second kappa shape index (κ2) is 11.3. The van der Waals surface area contributed by atoms with Crippen molar-refractivity contribution >= 4 is 11.9 Å². The molecule has 3 aliphatic rings. The molecule has 3 fully saturated rings. The van der Waals surface area contributed by atoms with Gasteiger partial charge in [-0.2, -0.15) is 0 Å². The Kier molecular flexibility index (Phi) is 9.02. The van der Waals surface area contributed by atoms with Gasteiger partial charge in [-0.05, 0) is 71.1 Å². The van der Waals surface area contributed by atoms with Crippen LogP contribution in [-0.4, -0.2) is 44.2 Å². The minimum absolute atomic E-state index is 0.0517. The van der Waals surface area contributed by atoms with E-state index in [1.807, 2.05) is 27.7 Å². The highest BCUT2D eigenvalue weighted by molar-refractivity contribution is 5.76. The minimum atomic E-state index is -0.585. The molecule has 0 aromatic heterocycles. The molecule has 0 aliphatic heterocycles. The molecule has 3 aliphatic carbocycles. The van der Waals surface area contributed by atoms with Gasteiger partial charge in [0, 0.05) is 19.4 Å². The first kappa shape index (κ1) is 25.5. The molecule has 0 heterocycles. The third kappa shape index (κ3) is 6.47. The van der Waals surface area contributed by atoms with Crippen LogP contribution in [0.15, 0.2) is 0 Å². The van der Waals surface area contributed by atoms with Crippen molar-refractivity contribution in [2.24, 2.45) is 29.1 Å². The Hall–Kier alpha value is -1.14. The molecule has 0 N–H and O–H groups in total. The van der Waals surface area contributed by atoms with Gasteiger partial charge < -0.3 is 18.9 Å². The first-order valence-corrected chi connectivity index (χ1v) is 12.8. The van der Waals surface area contributed by atoms with Crippen LogP contribution < -0.4 is 0 Å². The minimum Gasteiger partial charge on any atom is -0.462 e. The number of ether oxygens (including phenoxy) is 4. The predicted octanol–water partition coefficient (Wildman–Crippen LogP) is 5.27. The van der Waals surface area contributed by atoms with E-state index in [-0.39, 0.29) is 36.0 Å². The fourth-order valence-corrected chi connectivity index (χ4v) is 5.47. The zero-order chi connectivity index (χ0) is 23.3. The van der Waals surface area contributed by atoms with Gasteiger partial charge in [0.05, 0.1) is 24.0 Å². The van der Waals surface area contributed by atoms with Gasteiger partial charge in [-0.3, -0.25) is 9.59 Å². The van der Waals surface area contributed by atoms with Gasteiger partial charge >= 0.3 is 11.9 Å². The highest BCUT2D eigenvalue weighted by Gasteiger charge is 2.52. The average Bonchev–Trinajstić information content (AvgIpc) is 3.38. The Bertz CT molecular complexity index is 626. The van der Waals surface area contributed by atoms with E-state index in [9.17, 15) is 9.59 Å². The lowest BCUT2D eigenvalue weighted by atomic mass is 9.86. The molecule has 0 aromatic rings. The zero-order valence-corrected chi connectivity index (χ0v) is 20.8. The normalized spacial score (nSPS) is 30.2. The summed E-state index contributed by atoms with van der Waals surface area (Å²) in [6.07, 6.45) is 9.27. The summed E-state index contributed by atoms with van der Waals surface area (Å²) in [5.74, 6) is 0.464. The smallest absolute Gasteiger partial charge is 0.311 e. The van der Waals surface area contributed by atoms with E-state index < -0.39 is 11.7 Å². The fourth-order valence-electron chi connectivity index (χ4n) is 5.47. The number of hydrogen-bond acceptors (Lipinski definition) is 6. The molecule has 6 heteroatoms. The average molecular weight is 453 g/mol. The lowest BCUT2D eigenvalue weighted by Gasteiger charge is -2.32. The number of esters is 2. The van der Waals surface area contributed by atoms with Gasteiger partial charge in [-0.1, -0.05) is 26.2 Å². The molecule has 0 aromatic carbocycles. The highest BCUT2D eigenvalue weighted by atomic mass is 16.7. The largest absolute Gasteiger partial charge is 0.462 e.